The second kappa shape index (κ2) is 8.18. The average Bonchev–Trinajstić information content (AvgIpc) is 2.54. The molecule has 4 nitrogen and oxygen atoms in total. The standard InChI is InChI=1S/C18H28N2O2/c1-4-13-22-17-7-5-15(6-8-17)18(21)19-16-9-11-20(12-10-16)14(2)3/h5-8,14,16H,4,9-13H2,1-3H3,(H,19,21). The van der Waals surface area contributed by atoms with E-state index in [1.807, 2.05) is 24.3 Å². The molecule has 0 unspecified atom stereocenters. The minimum Gasteiger partial charge on any atom is -0.494 e. The number of ether oxygens (including phenoxy) is 1. The maximum absolute atomic E-state index is 12.3. The number of hydrogen-bond donors (Lipinski definition) is 1. The summed E-state index contributed by atoms with van der Waals surface area (Å²) in [6, 6.07) is 8.29. The summed E-state index contributed by atoms with van der Waals surface area (Å²) in [5.41, 5.74) is 0.704. The van der Waals surface area contributed by atoms with Crippen LogP contribution in [0, 0.1) is 0 Å². The summed E-state index contributed by atoms with van der Waals surface area (Å²) in [4.78, 5) is 14.7. The Balaban J connectivity index is 1.82. The van der Waals surface area contributed by atoms with Crippen LogP contribution in [0.2, 0.25) is 0 Å². The smallest absolute Gasteiger partial charge is 0.251 e. The summed E-state index contributed by atoms with van der Waals surface area (Å²) >= 11 is 0. The zero-order chi connectivity index (χ0) is 15.9. The molecule has 122 valence electrons. The highest BCUT2D eigenvalue weighted by molar-refractivity contribution is 5.94. The maximum Gasteiger partial charge on any atom is 0.251 e. The quantitative estimate of drug-likeness (QED) is 0.878. The van der Waals surface area contributed by atoms with Gasteiger partial charge in [-0.25, -0.2) is 0 Å². The number of benzene rings is 1. The molecule has 4 heteroatoms. The molecule has 0 aromatic heterocycles. The SMILES string of the molecule is CCCOc1ccc(C(=O)NC2CCN(C(C)C)CC2)cc1. The second-order valence-electron chi connectivity index (χ2n) is 6.25. The van der Waals surface area contributed by atoms with Crippen LogP contribution in [0.5, 0.6) is 5.75 Å². The van der Waals surface area contributed by atoms with Gasteiger partial charge in [0.2, 0.25) is 0 Å². The highest BCUT2D eigenvalue weighted by Gasteiger charge is 2.22. The normalized spacial score (nSPS) is 16.7. The molecule has 1 heterocycles. The van der Waals surface area contributed by atoms with Crippen molar-refractivity contribution < 1.29 is 9.53 Å². The molecule has 2 rings (SSSR count). The third kappa shape index (κ3) is 4.73. The molecule has 1 aromatic carbocycles. The summed E-state index contributed by atoms with van der Waals surface area (Å²) in [5.74, 6) is 0.841. The van der Waals surface area contributed by atoms with Crippen molar-refractivity contribution >= 4 is 5.91 Å². The summed E-state index contributed by atoms with van der Waals surface area (Å²) in [6.45, 7) is 9.35. The lowest BCUT2D eigenvalue weighted by atomic mass is 10.0. The van der Waals surface area contributed by atoms with Crippen LogP contribution in [-0.4, -0.2) is 42.6 Å². The number of carbonyl (C=O) groups is 1. The summed E-state index contributed by atoms with van der Waals surface area (Å²) in [5, 5.41) is 3.15. The Morgan fingerprint density at radius 2 is 1.91 bits per heavy atom. The van der Waals surface area contributed by atoms with E-state index >= 15 is 0 Å². The van der Waals surface area contributed by atoms with Crippen LogP contribution in [0.15, 0.2) is 24.3 Å². The monoisotopic (exact) mass is 304 g/mol. The van der Waals surface area contributed by atoms with Crippen molar-refractivity contribution in [3.8, 4) is 5.75 Å². The maximum atomic E-state index is 12.3. The van der Waals surface area contributed by atoms with Gasteiger partial charge in [-0.3, -0.25) is 4.79 Å². The second-order valence-corrected chi connectivity index (χ2v) is 6.25. The van der Waals surface area contributed by atoms with Crippen molar-refractivity contribution in [3.63, 3.8) is 0 Å². The lowest BCUT2D eigenvalue weighted by Crippen LogP contribution is -2.46. The van der Waals surface area contributed by atoms with E-state index < -0.39 is 0 Å². The van der Waals surface area contributed by atoms with E-state index in [2.05, 4.69) is 31.0 Å². The van der Waals surface area contributed by atoms with Gasteiger partial charge in [-0.15, -0.1) is 0 Å². The number of piperidine rings is 1. The van der Waals surface area contributed by atoms with Gasteiger partial charge in [-0.2, -0.15) is 0 Å². The van der Waals surface area contributed by atoms with Crippen LogP contribution in [0.1, 0.15) is 50.4 Å². The fraction of sp³-hybridized carbons (Fsp3) is 0.611. The molecule has 0 saturated carbocycles. The minimum atomic E-state index is 0.0186. The molecule has 1 amide bonds. The van der Waals surface area contributed by atoms with Gasteiger partial charge in [0, 0.05) is 30.7 Å². The molecule has 0 aliphatic carbocycles. The Bertz CT molecular complexity index is 462. The largest absolute Gasteiger partial charge is 0.494 e. The van der Waals surface area contributed by atoms with Gasteiger partial charge in [0.15, 0.2) is 0 Å². The Morgan fingerprint density at radius 1 is 1.27 bits per heavy atom. The molecule has 22 heavy (non-hydrogen) atoms. The van der Waals surface area contributed by atoms with Crippen LogP contribution in [0.3, 0.4) is 0 Å². The molecule has 0 bridgehead atoms. The minimum absolute atomic E-state index is 0.0186. The molecule has 1 aliphatic heterocycles. The first kappa shape index (κ1) is 16.8. The zero-order valence-electron chi connectivity index (χ0n) is 14.0. The van der Waals surface area contributed by atoms with Gasteiger partial charge >= 0.3 is 0 Å². The Labute approximate surface area is 133 Å². The summed E-state index contributed by atoms with van der Waals surface area (Å²) in [6.07, 6.45) is 3.04. The van der Waals surface area contributed by atoms with E-state index in [0.29, 0.717) is 24.3 Å². The predicted octanol–water partition coefficient (Wildman–Crippen LogP) is 3.08. The van der Waals surface area contributed by atoms with Gasteiger partial charge < -0.3 is 15.0 Å². The van der Waals surface area contributed by atoms with Crippen LogP contribution in [0.25, 0.3) is 0 Å². The van der Waals surface area contributed by atoms with Crippen LogP contribution in [0.4, 0.5) is 0 Å². The highest BCUT2D eigenvalue weighted by Crippen LogP contribution is 2.15. The number of nitrogens with zero attached hydrogens (tertiary/aromatic N) is 1. The van der Waals surface area contributed by atoms with Crippen molar-refractivity contribution in [1.82, 2.24) is 10.2 Å². The molecule has 0 atom stereocenters. The number of likely N-dealkylation sites (tertiary alicyclic amines) is 1. The van der Waals surface area contributed by atoms with Crippen molar-refractivity contribution in [2.45, 2.75) is 52.1 Å². The molecular formula is C18H28N2O2. The lowest BCUT2D eigenvalue weighted by molar-refractivity contribution is 0.0900. The van der Waals surface area contributed by atoms with Crippen molar-refractivity contribution in [2.75, 3.05) is 19.7 Å². The molecule has 1 aromatic rings. The molecule has 1 fully saturated rings. The number of hydrogen-bond acceptors (Lipinski definition) is 3. The molecule has 1 aliphatic rings. The molecule has 0 spiro atoms. The Hall–Kier alpha value is -1.55. The lowest BCUT2D eigenvalue weighted by Gasteiger charge is -2.34. The first-order chi connectivity index (χ1) is 10.6. The van der Waals surface area contributed by atoms with Crippen molar-refractivity contribution in [2.24, 2.45) is 0 Å². The van der Waals surface area contributed by atoms with Crippen molar-refractivity contribution in [3.05, 3.63) is 29.8 Å². The third-order valence-electron chi connectivity index (χ3n) is 4.18. The number of carbonyl (C=O) groups excluding carboxylic acids is 1. The van der Waals surface area contributed by atoms with Crippen LogP contribution < -0.4 is 10.1 Å². The molecule has 1 N–H and O–H groups in total. The predicted molar refractivity (Wildman–Crippen MR) is 89.4 cm³/mol. The summed E-state index contributed by atoms with van der Waals surface area (Å²) in [7, 11) is 0. The van der Waals surface area contributed by atoms with Gasteiger partial charge in [-0.05, 0) is 57.4 Å². The third-order valence-corrected chi connectivity index (χ3v) is 4.18. The van der Waals surface area contributed by atoms with E-state index in [9.17, 15) is 4.79 Å². The van der Waals surface area contributed by atoms with Crippen molar-refractivity contribution in [1.29, 1.82) is 0 Å². The van der Waals surface area contributed by atoms with E-state index in [0.717, 1.165) is 38.1 Å². The average molecular weight is 304 g/mol. The van der Waals surface area contributed by atoms with E-state index in [4.69, 9.17) is 4.74 Å². The van der Waals surface area contributed by atoms with Crippen LogP contribution in [-0.2, 0) is 0 Å². The number of amides is 1. The number of rotatable bonds is 6. The fourth-order valence-electron chi connectivity index (χ4n) is 2.75. The van der Waals surface area contributed by atoms with E-state index in [1.165, 1.54) is 0 Å². The van der Waals surface area contributed by atoms with Gasteiger partial charge in [0.1, 0.15) is 5.75 Å². The first-order valence-corrected chi connectivity index (χ1v) is 8.38. The van der Waals surface area contributed by atoms with Gasteiger partial charge in [-0.1, -0.05) is 6.92 Å². The Kier molecular flexibility index (Phi) is 6.25. The van der Waals surface area contributed by atoms with Crippen LogP contribution >= 0.6 is 0 Å². The Morgan fingerprint density at radius 3 is 2.45 bits per heavy atom. The molecule has 1 saturated heterocycles. The van der Waals surface area contributed by atoms with E-state index in [-0.39, 0.29) is 5.91 Å². The molecular weight excluding hydrogens is 276 g/mol. The fourth-order valence-corrected chi connectivity index (χ4v) is 2.75. The first-order valence-electron chi connectivity index (χ1n) is 8.38. The van der Waals surface area contributed by atoms with Gasteiger partial charge in [0.25, 0.3) is 5.91 Å². The molecule has 0 radical (unpaired) electrons. The zero-order valence-corrected chi connectivity index (χ0v) is 14.0. The topological polar surface area (TPSA) is 41.6 Å². The summed E-state index contributed by atoms with van der Waals surface area (Å²) < 4.78 is 5.54. The number of nitrogens with one attached hydrogen (secondary N) is 1. The highest BCUT2D eigenvalue weighted by atomic mass is 16.5. The van der Waals surface area contributed by atoms with E-state index in [1.54, 1.807) is 0 Å². The van der Waals surface area contributed by atoms with Gasteiger partial charge in [0.05, 0.1) is 6.61 Å².